The summed E-state index contributed by atoms with van der Waals surface area (Å²) >= 11 is 12.2. The summed E-state index contributed by atoms with van der Waals surface area (Å²) < 4.78 is 12.0. The van der Waals surface area contributed by atoms with E-state index in [9.17, 15) is 9.59 Å². The quantitative estimate of drug-likeness (QED) is 0.457. The highest BCUT2D eigenvalue weighted by Crippen LogP contribution is 2.44. The third-order valence-corrected chi connectivity index (χ3v) is 6.10. The number of aromatic nitrogens is 1. The van der Waals surface area contributed by atoms with Crippen molar-refractivity contribution >= 4 is 35.1 Å². The number of likely N-dealkylation sites (N-methyl/N-ethyl adjacent to an activating group) is 1. The number of benzene rings is 2. The van der Waals surface area contributed by atoms with Gasteiger partial charge in [-0.15, -0.1) is 0 Å². The molecule has 1 fully saturated rings. The van der Waals surface area contributed by atoms with Crippen molar-refractivity contribution in [3.8, 4) is 0 Å². The molecule has 1 aliphatic rings. The summed E-state index contributed by atoms with van der Waals surface area (Å²) in [5, 5.41) is 1.19. The van der Waals surface area contributed by atoms with Crippen molar-refractivity contribution in [1.82, 2.24) is 9.88 Å². The summed E-state index contributed by atoms with van der Waals surface area (Å²) in [6.07, 6.45) is 0.634. The average Bonchev–Trinajstić information content (AvgIpc) is 2.81. The van der Waals surface area contributed by atoms with E-state index >= 15 is 0 Å². The topological polar surface area (TPSA) is 68.7 Å². The molecule has 6 nitrogen and oxygen atoms in total. The molecular weight excluding hydrogens is 463 g/mol. The van der Waals surface area contributed by atoms with Gasteiger partial charge < -0.3 is 14.4 Å². The monoisotopic (exact) mass is 484 g/mol. The minimum absolute atomic E-state index is 0.303. The number of halogens is 2. The van der Waals surface area contributed by atoms with Gasteiger partial charge in [-0.05, 0) is 53.1 Å². The summed E-state index contributed by atoms with van der Waals surface area (Å²) in [5.74, 6) is -0.818. The molecule has 4 atom stereocenters. The first-order valence-electron chi connectivity index (χ1n) is 10.4. The molecule has 33 heavy (non-hydrogen) atoms. The molecule has 0 bridgehead atoms. The highest BCUT2D eigenvalue weighted by atomic mass is 35.5. The van der Waals surface area contributed by atoms with Crippen molar-refractivity contribution in [2.24, 2.45) is 0 Å². The highest BCUT2D eigenvalue weighted by molar-refractivity contribution is 6.30. The molecule has 0 N–H and O–H groups in total. The van der Waals surface area contributed by atoms with E-state index in [1.165, 1.54) is 6.92 Å². The van der Waals surface area contributed by atoms with Gasteiger partial charge in [0.2, 0.25) is 0 Å². The van der Waals surface area contributed by atoms with Crippen molar-refractivity contribution < 1.29 is 19.1 Å². The smallest absolute Gasteiger partial charge is 0.303 e. The zero-order valence-electron chi connectivity index (χ0n) is 18.0. The molecule has 170 valence electrons. The Hall–Kier alpha value is -2.93. The zero-order chi connectivity index (χ0) is 23.5. The van der Waals surface area contributed by atoms with Gasteiger partial charge in [0.1, 0.15) is 6.10 Å². The predicted molar refractivity (Wildman–Crippen MR) is 125 cm³/mol. The molecule has 8 heteroatoms. The van der Waals surface area contributed by atoms with E-state index in [0.717, 1.165) is 11.1 Å². The Kier molecular flexibility index (Phi) is 6.98. The van der Waals surface area contributed by atoms with E-state index in [1.807, 2.05) is 24.3 Å². The summed E-state index contributed by atoms with van der Waals surface area (Å²) in [7, 11) is 1.72. The number of rotatable bonds is 5. The first-order chi connectivity index (χ1) is 15.8. The fourth-order valence-corrected chi connectivity index (χ4v) is 4.29. The maximum Gasteiger partial charge on any atom is 0.303 e. The first kappa shape index (κ1) is 23.2. The molecule has 3 aromatic rings. The summed E-state index contributed by atoms with van der Waals surface area (Å²) in [6.45, 7) is 1.30. The molecule has 0 radical (unpaired) electrons. The van der Waals surface area contributed by atoms with Crippen molar-refractivity contribution in [2.75, 3.05) is 7.05 Å². The number of esters is 1. The average molecular weight is 485 g/mol. The largest absolute Gasteiger partial charge is 0.454 e. The molecule has 1 aliphatic heterocycles. The van der Waals surface area contributed by atoms with Gasteiger partial charge in [0.25, 0.3) is 5.91 Å². The number of amides is 1. The summed E-state index contributed by atoms with van der Waals surface area (Å²) in [4.78, 5) is 31.1. The lowest BCUT2D eigenvalue weighted by molar-refractivity contribution is -0.193. The molecule has 2 aromatic carbocycles. The van der Waals surface area contributed by atoms with E-state index in [1.54, 1.807) is 60.7 Å². The Morgan fingerprint density at radius 1 is 0.970 bits per heavy atom. The number of morpholine rings is 1. The number of pyridine rings is 1. The van der Waals surface area contributed by atoms with Gasteiger partial charge in [0, 0.05) is 36.4 Å². The van der Waals surface area contributed by atoms with Gasteiger partial charge in [0.05, 0.1) is 6.04 Å². The standard InChI is InChI=1S/C25H22Cl2N2O4/c1-15(30)32-23(18-11-13-28-14-12-18)24-25(31)29(2)21(16-3-7-19(26)8-4-16)22(33-24)17-5-9-20(27)10-6-17/h3-14,21-24H,1-2H3/t21-,22+,23-,24+/m0/s1. The van der Waals surface area contributed by atoms with E-state index in [0.29, 0.717) is 15.6 Å². The van der Waals surface area contributed by atoms with E-state index in [2.05, 4.69) is 4.98 Å². The lowest BCUT2D eigenvalue weighted by Crippen LogP contribution is -2.51. The Morgan fingerprint density at radius 2 is 1.52 bits per heavy atom. The van der Waals surface area contributed by atoms with E-state index in [-0.39, 0.29) is 5.91 Å². The summed E-state index contributed by atoms with van der Waals surface area (Å²) in [6, 6.07) is 17.5. The molecular formula is C25H22Cl2N2O4. The van der Waals surface area contributed by atoms with Crippen LogP contribution in [0.5, 0.6) is 0 Å². The first-order valence-corrected chi connectivity index (χ1v) is 11.1. The summed E-state index contributed by atoms with van der Waals surface area (Å²) in [5.41, 5.74) is 2.31. The lowest BCUT2D eigenvalue weighted by atomic mass is 9.90. The van der Waals surface area contributed by atoms with Crippen molar-refractivity contribution in [3.63, 3.8) is 0 Å². The fourth-order valence-electron chi connectivity index (χ4n) is 4.04. The third kappa shape index (κ3) is 5.03. The molecule has 0 spiro atoms. The van der Waals surface area contributed by atoms with Crippen molar-refractivity contribution in [1.29, 1.82) is 0 Å². The Balaban J connectivity index is 1.78. The predicted octanol–water partition coefficient (Wildman–Crippen LogP) is 5.33. The van der Waals surface area contributed by atoms with Crippen LogP contribution in [0.25, 0.3) is 0 Å². The van der Waals surface area contributed by atoms with Crippen molar-refractivity contribution in [3.05, 3.63) is 99.8 Å². The van der Waals surface area contributed by atoms with Crippen LogP contribution in [-0.4, -0.2) is 34.9 Å². The van der Waals surface area contributed by atoms with Gasteiger partial charge in [-0.25, -0.2) is 0 Å². The number of carbonyl (C=O) groups excluding carboxylic acids is 2. The van der Waals surface area contributed by atoms with Crippen LogP contribution >= 0.6 is 23.2 Å². The van der Waals surface area contributed by atoms with Gasteiger partial charge in [-0.2, -0.15) is 0 Å². The van der Waals surface area contributed by atoms with Crippen LogP contribution in [0.2, 0.25) is 10.0 Å². The molecule has 1 aromatic heterocycles. The second kappa shape index (κ2) is 9.91. The molecule has 0 aliphatic carbocycles. The van der Waals surface area contributed by atoms with E-state index < -0.39 is 30.3 Å². The number of carbonyl (C=O) groups is 2. The second-order valence-electron chi connectivity index (χ2n) is 7.78. The van der Waals surface area contributed by atoms with Gasteiger partial charge in [0.15, 0.2) is 12.2 Å². The van der Waals surface area contributed by atoms with E-state index in [4.69, 9.17) is 32.7 Å². The van der Waals surface area contributed by atoms with Crippen LogP contribution in [0.1, 0.15) is 41.9 Å². The Bertz CT molecular complexity index is 1120. The number of hydrogen-bond donors (Lipinski definition) is 0. The van der Waals surface area contributed by atoms with Crippen LogP contribution in [0.3, 0.4) is 0 Å². The maximum absolute atomic E-state index is 13.6. The molecule has 1 amide bonds. The maximum atomic E-state index is 13.6. The van der Waals surface area contributed by atoms with Crippen LogP contribution in [0.4, 0.5) is 0 Å². The number of ether oxygens (including phenoxy) is 2. The minimum atomic E-state index is -1.05. The van der Waals surface area contributed by atoms with Crippen LogP contribution in [-0.2, 0) is 19.1 Å². The van der Waals surface area contributed by atoms with Crippen LogP contribution in [0.15, 0.2) is 73.1 Å². The zero-order valence-corrected chi connectivity index (χ0v) is 19.5. The molecule has 0 unspecified atom stereocenters. The SMILES string of the molecule is CC(=O)O[C@@H](c1ccncc1)[C@H]1O[C@H](c2ccc(Cl)cc2)[C@H](c2ccc(Cl)cc2)N(C)C1=O. The molecule has 4 rings (SSSR count). The number of hydrogen-bond acceptors (Lipinski definition) is 5. The molecule has 0 saturated carbocycles. The minimum Gasteiger partial charge on any atom is -0.454 e. The Labute approximate surface area is 202 Å². The van der Waals surface area contributed by atoms with Gasteiger partial charge in [-0.3, -0.25) is 14.6 Å². The van der Waals surface area contributed by atoms with Gasteiger partial charge in [-0.1, -0.05) is 47.5 Å². The lowest BCUT2D eigenvalue weighted by Gasteiger charge is -2.44. The third-order valence-electron chi connectivity index (χ3n) is 5.60. The van der Waals surface area contributed by atoms with Crippen LogP contribution in [0, 0.1) is 0 Å². The van der Waals surface area contributed by atoms with Gasteiger partial charge >= 0.3 is 5.97 Å². The highest BCUT2D eigenvalue weighted by Gasteiger charge is 2.47. The Morgan fingerprint density at radius 3 is 2.06 bits per heavy atom. The second-order valence-corrected chi connectivity index (χ2v) is 8.66. The molecule has 2 heterocycles. The van der Waals surface area contributed by atoms with Crippen LogP contribution < -0.4 is 0 Å². The molecule has 1 saturated heterocycles. The van der Waals surface area contributed by atoms with Crippen molar-refractivity contribution in [2.45, 2.75) is 31.3 Å². The fraction of sp³-hybridized carbons (Fsp3) is 0.240. The normalized spacial score (nSPS) is 21.5. The number of nitrogens with zero attached hydrogens (tertiary/aromatic N) is 2.